The summed E-state index contributed by atoms with van der Waals surface area (Å²) in [4.78, 5) is 4.36. The molecule has 1 aliphatic heterocycles. The molecule has 20 heavy (non-hydrogen) atoms. The second-order valence-electron chi connectivity index (χ2n) is 6.03. The average molecular weight is 281 g/mol. The van der Waals surface area contributed by atoms with Crippen LogP contribution in [0, 0.1) is 5.92 Å². The van der Waals surface area contributed by atoms with Crippen LogP contribution in [-0.2, 0) is 17.7 Å². The monoisotopic (exact) mass is 281 g/mol. The molecule has 6 heteroatoms. The van der Waals surface area contributed by atoms with Crippen LogP contribution in [-0.4, -0.2) is 33.5 Å². The Hall–Kier alpha value is -0.980. The molecular weight excluding hydrogens is 254 g/mol. The van der Waals surface area contributed by atoms with Gasteiger partial charge in [0.2, 0.25) is 0 Å². The predicted octanol–water partition coefficient (Wildman–Crippen LogP) is 1.27. The first-order chi connectivity index (χ1) is 9.69. The number of ether oxygens (including phenoxy) is 1. The van der Waals surface area contributed by atoms with E-state index in [0.29, 0.717) is 12.0 Å². The minimum absolute atomic E-state index is 0.231. The number of rotatable bonds is 8. The van der Waals surface area contributed by atoms with Crippen molar-refractivity contribution in [1.82, 2.24) is 20.2 Å². The van der Waals surface area contributed by atoms with Gasteiger partial charge < -0.3 is 4.74 Å². The zero-order chi connectivity index (χ0) is 14.4. The van der Waals surface area contributed by atoms with Gasteiger partial charge in [-0.1, -0.05) is 13.8 Å². The van der Waals surface area contributed by atoms with Crippen LogP contribution in [0.15, 0.2) is 6.33 Å². The van der Waals surface area contributed by atoms with Crippen LogP contribution >= 0.6 is 0 Å². The standard InChI is InChI=1S/C14H27N5O/c1-11(2)9-19-14(16-10-17-19)8-12(18-15)5-6-13-4-3-7-20-13/h10-13,18H,3-9,15H2,1-2H3. The van der Waals surface area contributed by atoms with E-state index in [-0.39, 0.29) is 6.04 Å². The molecule has 2 heterocycles. The molecule has 0 aliphatic carbocycles. The van der Waals surface area contributed by atoms with Gasteiger partial charge in [-0.2, -0.15) is 5.10 Å². The Balaban J connectivity index is 1.84. The maximum absolute atomic E-state index is 5.68. The molecule has 0 saturated carbocycles. The highest BCUT2D eigenvalue weighted by Crippen LogP contribution is 2.18. The second-order valence-corrected chi connectivity index (χ2v) is 6.03. The van der Waals surface area contributed by atoms with Crippen LogP contribution in [0.1, 0.15) is 45.4 Å². The normalized spacial score (nSPS) is 20.7. The van der Waals surface area contributed by atoms with E-state index < -0.39 is 0 Å². The van der Waals surface area contributed by atoms with E-state index in [2.05, 4.69) is 29.4 Å². The van der Waals surface area contributed by atoms with Crippen LogP contribution in [0.25, 0.3) is 0 Å². The highest BCUT2D eigenvalue weighted by atomic mass is 16.5. The fraction of sp³-hybridized carbons (Fsp3) is 0.857. The lowest BCUT2D eigenvalue weighted by Crippen LogP contribution is -2.38. The fourth-order valence-corrected chi connectivity index (χ4v) is 2.67. The summed E-state index contributed by atoms with van der Waals surface area (Å²) in [7, 11) is 0. The molecule has 0 spiro atoms. The van der Waals surface area contributed by atoms with Gasteiger partial charge in [0.1, 0.15) is 12.2 Å². The number of hydrogen-bond donors (Lipinski definition) is 2. The third kappa shape index (κ3) is 4.54. The van der Waals surface area contributed by atoms with Crippen molar-refractivity contribution in [3.05, 3.63) is 12.2 Å². The van der Waals surface area contributed by atoms with Gasteiger partial charge in [-0.3, -0.25) is 11.3 Å². The molecule has 114 valence electrons. The summed E-state index contributed by atoms with van der Waals surface area (Å²) in [5, 5.41) is 4.29. The van der Waals surface area contributed by atoms with Crippen LogP contribution in [0.5, 0.6) is 0 Å². The number of hydrogen-bond acceptors (Lipinski definition) is 5. The number of nitrogens with one attached hydrogen (secondary N) is 1. The molecule has 1 aromatic rings. The lowest BCUT2D eigenvalue weighted by Gasteiger charge is -2.18. The lowest BCUT2D eigenvalue weighted by atomic mass is 10.0. The maximum atomic E-state index is 5.68. The van der Waals surface area contributed by atoms with Gasteiger partial charge in [-0.25, -0.2) is 9.67 Å². The summed E-state index contributed by atoms with van der Waals surface area (Å²) in [6, 6.07) is 0.231. The SMILES string of the molecule is CC(C)Cn1ncnc1CC(CCC1CCCO1)NN. The van der Waals surface area contributed by atoms with Gasteiger partial charge in [-0.15, -0.1) is 0 Å². The third-order valence-electron chi connectivity index (χ3n) is 3.76. The van der Waals surface area contributed by atoms with E-state index in [4.69, 9.17) is 10.6 Å². The molecule has 1 aliphatic rings. The molecule has 2 unspecified atom stereocenters. The number of aromatic nitrogens is 3. The van der Waals surface area contributed by atoms with Gasteiger partial charge in [0, 0.05) is 25.6 Å². The minimum atomic E-state index is 0.231. The number of nitrogens with two attached hydrogens (primary N) is 1. The quantitative estimate of drug-likeness (QED) is 0.554. The topological polar surface area (TPSA) is 78.0 Å². The molecule has 0 radical (unpaired) electrons. The van der Waals surface area contributed by atoms with Crippen LogP contribution < -0.4 is 11.3 Å². The Kier molecular flexibility index (Phi) is 5.94. The van der Waals surface area contributed by atoms with Gasteiger partial charge in [0.25, 0.3) is 0 Å². The van der Waals surface area contributed by atoms with Crippen molar-refractivity contribution in [2.45, 2.75) is 64.6 Å². The Morgan fingerprint density at radius 3 is 3.05 bits per heavy atom. The smallest absolute Gasteiger partial charge is 0.138 e. The van der Waals surface area contributed by atoms with E-state index in [0.717, 1.165) is 38.2 Å². The van der Waals surface area contributed by atoms with Crippen molar-refractivity contribution in [3.8, 4) is 0 Å². The van der Waals surface area contributed by atoms with E-state index in [1.165, 1.54) is 12.8 Å². The predicted molar refractivity (Wildman–Crippen MR) is 77.9 cm³/mol. The summed E-state index contributed by atoms with van der Waals surface area (Å²) in [6.07, 6.45) is 7.30. The fourth-order valence-electron chi connectivity index (χ4n) is 2.67. The van der Waals surface area contributed by atoms with E-state index >= 15 is 0 Å². The molecule has 1 saturated heterocycles. The van der Waals surface area contributed by atoms with E-state index in [1.54, 1.807) is 6.33 Å². The number of nitrogens with zero attached hydrogens (tertiary/aromatic N) is 3. The zero-order valence-electron chi connectivity index (χ0n) is 12.6. The van der Waals surface area contributed by atoms with Crippen LogP contribution in [0.4, 0.5) is 0 Å². The first-order valence-corrected chi connectivity index (χ1v) is 7.63. The van der Waals surface area contributed by atoms with Crippen molar-refractivity contribution in [2.24, 2.45) is 11.8 Å². The molecular formula is C14H27N5O. The van der Waals surface area contributed by atoms with Crippen molar-refractivity contribution < 1.29 is 4.74 Å². The molecule has 0 amide bonds. The molecule has 6 nitrogen and oxygen atoms in total. The molecule has 1 aromatic heterocycles. The molecule has 2 rings (SSSR count). The highest BCUT2D eigenvalue weighted by Gasteiger charge is 2.19. The summed E-state index contributed by atoms with van der Waals surface area (Å²) in [5.74, 6) is 7.25. The summed E-state index contributed by atoms with van der Waals surface area (Å²) >= 11 is 0. The third-order valence-corrected chi connectivity index (χ3v) is 3.76. The van der Waals surface area contributed by atoms with E-state index in [9.17, 15) is 0 Å². The first-order valence-electron chi connectivity index (χ1n) is 7.63. The molecule has 1 fully saturated rings. The van der Waals surface area contributed by atoms with Crippen LogP contribution in [0.2, 0.25) is 0 Å². The Morgan fingerprint density at radius 2 is 2.40 bits per heavy atom. The molecule has 0 bridgehead atoms. The molecule has 2 atom stereocenters. The summed E-state index contributed by atoms with van der Waals surface area (Å²) < 4.78 is 7.64. The second kappa shape index (κ2) is 7.71. The first kappa shape index (κ1) is 15.4. The Bertz CT molecular complexity index is 387. The number of hydrazine groups is 1. The van der Waals surface area contributed by atoms with E-state index in [1.807, 2.05) is 4.68 Å². The summed E-state index contributed by atoms with van der Waals surface area (Å²) in [6.45, 7) is 6.18. The van der Waals surface area contributed by atoms with Crippen molar-refractivity contribution in [1.29, 1.82) is 0 Å². The van der Waals surface area contributed by atoms with Crippen LogP contribution in [0.3, 0.4) is 0 Å². The maximum Gasteiger partial charge on any atom is 0.138 e. The minimum Gasteiger partial charge on any atom is -0.378 e. The Labute approximate surface area is 121 Å². The largest absolute Gasteiger partial charge is 0.378 e. The van der Waals surface area contributed by atoms with Crippen molar-refractivity contribution in [2.75, 3.05) is 6.61 Å². The Morgan fingerprint density at radius 1 is 1.55 bits per heavy atom. The van der Waals surface area contributed by atoms with Gasteiger partial charge in [-0.05, 0) is 31.6 Å². The van der Waals surface area contributed by atoms with Crippen molar-refractivity contribution in [3.63, 3.8) is 0 Å². The van der Waals surface area contributed by atoms with Gasteiger partial charge in [0.05, 0.1) is 6.10 Å². The molecule has 0 aromatic carbocycles. The van der Waals surface area contributed by atoms with Gasteiger partial charge in [0.15, 0.2) is 0 Å². The van der Waals surface area contributed by atoms with Crippen molar-refractivity contribution >= 4 is 0 Å². The summed E-state index contributed by atoms with van der Waals surface area (Å²) in [5.41, 5.74) is 2.91. The average Bonchev–Trinajstić information content (AvgIpc) is 3.06. The lowest BCUT2D eigenvalue weighted by molar-refractivity contribution is 0.0994. The molecule has 3 N–H and O–H groups in total. The van der Waals surface area contributed by atoms with Gasteiger partial charge >= 0.3 is 0 Å². The zero-order valence-corrected chi connectivity index (χ0v) is 12.6. The highest BCUT2D eigenvalue weighted by molar-refractivity contribution is 4.90.